The van der Waals surface area contributed by atoms with E-state index in [9.17, 15) is 10.1 Å². The zero-order valence-electron chi connectivity index (χ0n) is 19.9. The molecule has 1 fully saturated rings. The quantitative estimate of drug-likeness (QED) is 0.445. The summed E-state index contributed by atoms with van der Waals surface area (Å²) in [5.74, 6) is 0.894. The van der Waals surface area contributed by atoms with E-state index in [0.717, 1.165) is 47.8 Å². The second-order valence-electron chi connectivity index (χ2n) is 9.62. The maximum absolute atomic E-state index is 12.7. The maximum atomic E-state index is 12.7. The van der Waals surface area contributed by atoms with Crippen molar-refractivity contribution < 1.29 is 9.53 Å². The number of amides is 1. The lowest BCUT2D eigenvalue weighted by Gasteiger charge is -2.25. The van der Waals surface area contributed by atoms with Gasteiger partial charge in [0.1, 0.15) is 16.8 Å². The molecule has 1 aliphatic carbocycles. The number of benzene rings is 2. The Bertz CT molecular complexity index is 1290. The van der Waals surface area contributed by atoms with E-state index < -0.39 is 0 Å². The van der Waals surface area contributed by atoms with Gasteiger partial charge in [-0.25, -0.2) is 4.98 Å². The Balaban J connectivity index is 1.46. The van der Waals surface area contributed by atoms with Gasteiger partial charge in [0, 0.05) is 36.7 Å². The summed E-state index contributed by atoms with van der Waals surface area (Å²) in [6, 6.07) is 14.5. The number of carbonyl (C=O) groups is 1. The molecule has 2 heterocycles. The fourth-order valence-electron chi connectivity index (χ4n) is 5.45. The molecule has 5 rings (SSSR count). The van der Waals surface area contributed by atoms with E-state index in [4.69, 9.17) is 9.72 Å². The van der Waals surface area contributed by atoms with Crippen LogP contribution in [0.15, 0.2) is 42.6 Å². The van der Waals surface area contributed by atoms with Crippen LogP contribution in [0.1, 0.15) is 56.7 Å². The topological polar surface area (TPSA) is 66.2 Å². The molecule has 1 spiro atoms. The van der Waals surface area contributed by atoms with E-state index in [1.54, 1.807) is 11.3 Å². The van der Waals surface area contributed by atoms with E-state index >= 15 is 0 Å². The van der Waals surface area contributed by atoms with Gasteiger partial charge < -0.3 is 9.64 Å². The molecule has 0 N–H and O–H groups in total. The number of carbonyl (C=O) groups excluding carboxylic acids is 1. The molecule has 0 radical (unpaired) electrons. The number of hydrogen-bond donors (Lipinski definition) is 0. The average molecular weight is 472 g/mol. The molecule has 1 aliphatic heterocycles. The lowest BCUT2D eigenvalue weighted by molar-refractivity contribution is -0.127. The Morgan fingerprint density at radius 2 is 2.15 bits per heavy atom. The predicted molar refractivity (Wildman–Crippen MR) is 135 cm³/mol. The first kappa shape index (κ1) is 22.6. The molecule has 5 nitrogen and oxygen atoms in total. The van der Waals surface area contributed by atoms with Crippen molar-refractivity contribution in [3.63, 3.8) is 0 Å². The molecule has 6 heteroatoms. The van der Waals surface area contributed by atoms with Gasteiger partial charge >= 0.3 is 0 Å². The van der Waals surface area contributed by atoms with Crippen LogP contribution in [0, 0.1) is 11.3 Å². The molecule has 1 saturated heterocycles. The number of nitriles is 1. The van der Waals surface area contributed by atoms with Gasteiger partial charge in [0.2, 0.25) is 5.91 Å². The Hall–Kier alpha value is -3.17. The summed E-state index contributed by atoms with van der Waals surface area (Å²) < 4.78 is 5.76. The van der Waals surface area contributed by atoms with Crippen LogP contribution in [0.3, 0.4) is 0 Å². The van der Waals surface area contributed by atoms with E-state index in [1.165, 1.54) is 16.7 Å². The summed E-state index contributed by atoms with van der Waals surface area (Å²) in [4.78, 5) is 20.5. The van der Waals surface area contributed by atoms with Crippen LogP contribution in [-0.4, -0.2) is 35.0 Å². The molecule has 3 aromatic rings. The molecular formula is C28H29N3O2S. The maximum Gasteiger partial charge on any atom is 0.223 e. The van der Waals surface area contributed by atoms with E-state index in [-0.39, 0.29) is 11.5 Å². The molecule has 1 unspecified atom stereocenters. The van der Waals surface area contributed by atoms with E-state index in [2.05, 4.69) is 31.2 Å². The average Bonchev–Trinajstić information content (AvgIpc) is 3.52. The Labute approximate surface area is 205 Å². The first-order valence-electron chi connectivity index (χ1n) is 12.0. The van der Waals surface area contributed by atoms with Crippen molar-refractivity contribution in [2.24, 2.45) is 0 Å². The Kier molecular flexibility index (Phi) is 5.91. The van der Waals surface area contributed by atoms with Crippen molar-refractivity contribution in [3.05, 3.63) is 59.3 Å². The second kappa shape index (κ2) is 8.88. The van der Waals surface area contributed by atoms with Gasteiger partial charge in [-0.15, -0.1) is 11.3 Å². The smallest absolute Gasteiger partial charge is 0.223 e. The Morgan fingerprint density at radius 1 is 1.29 bits per heavy atom. The molecule has 2 aromatic carbocycles. The van der Waals surface area contributed by atoms with Crippen LogP contribution in [-0.2, 0) is 16.6 Å². The molecule has 174 valence electrons. The molecule has 1 aromatic heterocycles. The highest BCUT2D eigenvalue weighted by Gasteiger charge is 2.48. The minimum atomic E-state index is -0.0426. The van der Waals surface area contributed by atoms with Gasteiger partial charge in [-0.3, -0.25) is 4.79 Å². The molecule has 0 bridgehead atoms. The summed E-state index contributed by atoms with van der Waals surface area (Å²) in [5, 5.41) is 10.5. The number of rotatable bonds is 6. The summed E-state index contributed by atoms with van der Waals surface area (Å²) in [6.45, 7) is 7.72. The highest BCUT2D eigenvalue weighted by atomic mass is 32.1. The van der Waals surface area contributed by atoms with Gasteiger partial charge in [0.25, 0.3) is 0 Å². The summed E-state index contributed by atoms with van der Waals surface area (Å²) in [7, 11) is 0. The number of hydrogen-bond acceptors (Lipinski definition) is 5. The third kappa shape index (κ3) is 3.88. The number of nitrogens with zero attached hydrogens (tertiary/aromatic N) is 3. The van der Waals surface area contributed by atoms with Gasteiger partial charge in [-0.2, -0.15) is 5.26 Å². The summed E-state index contributed by atoms with van der Waals surface area (Å²) in [6.07, 6.45) is 5.59. The minimum absolute atomic E-state index is 0.0112. The molecule has 1 atom stereocenters. The van der Waals surface area contributed by atoms with Crippen LogP contribution in [0.2, 0.25) is 0 Å². The highest BCUT2D eigenvalue weighted by molar-refractivity contribution is 7.18. The van der Waals surface area contributed by atoms with Crippen molar-refractivity contribution in [2.75, 3.05) is 13.1 Å². The third-order valence-electron chi connectivity index (χ3n) is 6.91. The first-order valence-corrected chi connectivity index (χ1v) is 12.8. The van der Waals surface area contributed by atoms with Crippen molar-refractivity contribution in [3.8, 4) is 32.8 Å². The molecule has 2 aliphatic rings. The summed E-state index contributed by atoms with van der Waals surface area (Å²) >= 11 is 1.65. The van der Waals surface area contributed by atoms with Crippen LogP contribution in [0.5, 0.6) is 5.75 Å². The van der Waals surface area contributed by atoms with E-state index in [1.807, 2.05) is 43.1 Å². The monoisotopic (exact) mass is 471 g/mol. The number of aromatic nitrogens is 1. The zero-order valence-corrected chi connectivity index (χ0v) is 20.7. The van der Waals surface area contributed by atoms with Crippen LogP contribution in [0.25, 0.3) is 21.0 Å². The van der Waals surface area contributed by atoms with Crippen molar-refractivity contribution in [1.82, 2.24) is 9.88 Å². The molecule has 1 amide bonds. The minimum Gasteiger partial charge on any atom is -0.490 e. The zero-order chi connectivity index (χ0) is 23.9. The first-order chi connectivity index (χ1) is 16.4. The van der Waals surface area contributed by atoms with Crippen LogP contribution < -0.4 is 4.74 Å². The van der Waals surface area contributed by atoms with Crippen molar-refractivity contribution >= 4 is 17.2 Å². The van der Waals surface area contributed by atoms with Gasteiger partial charge in [-0.1, -0.05) is 25.1 Å². The highest BCUT2D eigenvalue weighted by Crippen LogP contribution is 2.49. The number of fused-ring (bicyclic) bond motifs is 2. The fourth-order valence-corrected chi connectivity index (χ4v) is 6.42. The second-order valence-corrected chi connectivity index (χ2v) is 10.7. The largest absolute Gasteiger partial charge is 0.490 e. The van der Waals surface area contributed by atoms with Gasteiger partial charge in [0.15, 0.2) is 0 Å². The predicted octanol–water partition coefficient (Wildman–Crippen LogP) is 5.96. The van der Waals surface area contributed by atoms with Crippen molar-refractivity contribution in [2.45, 2.75) is 58.0 Å². The summed E-state index contributed by atoms with van der Waals surface area (Å²) in [5.41, 5.74) is 5.33. The lowest BCUT2D eigenvalue weighted by Crippen LogP contribution is -2.30. The normalized spacial score (nSPS) is 19.1. The fraction of sp³-hybridized carbons (Fsp3) is 0.393. The number of ether oxygens (including phenoxy) is 1. The number of thiazole rings is 1. The third-order valence-corrected chi connectivity index (χ3v) is 7.99. The van der Waals surface area contributed by atoms with Crippen LogP contribution >= 0.6 is 11.3 Å². The Morgan fingerprint density at radius 3 is 2.91 bits per heavy atom. The lowest BCUT2D eigenvalue weighted by atomic mass is 9.80. The standard InChI is InChI=1S/C28H29N3O2S/c1-4-12-31-17-28(14-26(31)32)11-10-21-22(6-5-7-23(21)28)25-16-30-27(34-25)19-8-9-24(33-18(2)3)20(13-19)15-29/h5-9,13,16,18H,4,10-12,14,17H2,1-3H3. The SMILES string of the molecule is CCCN1CC2(CCc3c(-c4cnc(-c5ccc(OC(C)C)c(C#N)c5)s4)cccc32)CC1=O. The number of likely N-dealkylation sites (tertiary alicyclic amines) is 1. The molecule has 0 saturated carbocycles. The van der Waals surface area contributed by atoms with Crippen molar-refractivity contribution in [1.29, 1.82) is 5.26 Å². The van der Waals surface area contributed by atoms with Gasteiger partial charge in [0.05, 0.1) is 16.5 Å². The van der Waals surface area contributed by atoms with Crippen LogP contribution in [0.4, 0.5) is 0 Å². The molecule has 34 heavy (non-hydrogen) atoms. The van der Waals surface area contributed by atoms with Gasteiger partial charge in [-0.05, 0) is 68.0 Å². The van der Waals surface area contributed by atoms with E-state index in [0.29, 0.717) is 23.6 Å². The molecular weight excluding hydrogens is 442 g/mol.